The quantitative estimate of drug-likeness (QED) is 0.342. The highest BCUT2D eigenvalue weighted by atomic mass is 32.1. The van der Waals surface area contributed by atoms with Gasteiger partial charge in [-0.05, 0) is 67.8 Å². The van der Waals surface area contributed by atoms with Gasteiger partial charge in [-0.15, -0.1) is 11.3 Å². The van der Waals surface area contributed by atoms with Crippen molar-refractivity contribution in [2.45, 2.75) is 58.8 Å². The fourth-order valence-electron chi connectivity index (χ4n) is 4.59. The molecule has 2 aromatic carbocycles. The molecule has 3 atom stereocenters. The number of ether oxygens (including phenoxy) is 1. The fourth-order valence-corrected chi connectivity index (χ4v) is 5.54. The second-order valence-electron chi connectivity index (χ2n) is 10.8. The molecule has 2 aliphatic heterocycles. The smallest absolute Gasteiger partial charge is 0.255 e. The summed E-state index contributed by atoms with van der Waals surface area (Å²) < 4.78 is 5.91. The molecule has 2 aliphatic rings. The zero-order valence-corrected chi connectivity index (χ0v) is 25.1. The lowest BCUT2D eigenvalue weighted by Crippen LogP contribution is -2.57. The molecule has 0 fully saturated rings. The molecule has 222 valence electrons. The number of carbonyl (C=O) groups excluding carboxylic acids is 4. The van der Waals surface area contributed by atoms with Gasteiger partial charge in [0.15, 0.2) is 0 Å². The van der Waals surface area contributed by atoms with Crippen LogP contribution in [0.4, 0.5) is 0 Å². The molecule has 0 unspecified atom stereocenters. The molecule has 3 heterocycles. The summed E-state index contributed by atoms with van der Waals surface area (Å²) in [6.07, 6.45) is 0.216. The number of hydrogen-bond donors (Lipinski definition) is 4. The SMILES string of the molecule is Cc1ccc(CN(C)C(=O)[C@@H]2Cc3ccc(cc3)Oc3ccc(O)c(c3)C(=O)N[C@@H](C(C)C)C(=O)N[C@@H](C)C(=O)N2)s1. The number of benzene rings is 2. The van der Waals surface area contributed by atoms with Gasteiger partial charge < -0.3 is 30.7 Å². The second-order valence-corrected chi connectivity index (χ2v) is 12.2. The highest BCUT2D eigenvalue weighted by Crippen LogP contribution is 2.28. The summed E-state index contributed by atoms with van der Waals surface area (Å²) in [5.74, 6) is -1.87. The number of phenols is 1. The van der Waals surface area contributed by atoms with Crippen molar-refractivity contribution in [3.05, 3.63) is 75.5 Å². The van der Waals surface area contributed by atoms with Gasteiger partial charge in [-0.25, -0.2) is 0 Å². The summed E-state index contributed by atoms with van der Waals surface area (Å²) in [4.78, 5) is 56.9. The van der Waals surface area contributed by atoms with E-state index in [0.29, 0.717) is 18.0 Å². The van der Waals surface area contributed by atoms with Gasteiger partial charge in [0.1, 0.15) is 35.4 Å². The van der Waals surface area contributed by atoms with Gasteiger partial charge in [0, 0.05) is 23.2 Å². The number of nitrogens with zero attached hydrogens (tertiary/aromatic N) is 1. The van der Waals surface area contributed by atoms with Crippen LogP contribution >= 0.6 is 11.3 Å². The summed E-state index contributed by atoms with van der Waals surface area (Å²) in [6, 6.07) is 12.4. The van der Waals surface area contributed by atoms with Crippen molar-refractivity contribution in [2.24, 2.45) is 5.92 Å². The van der Waals surface area contributed by atoms with Crippen LogP contribution in [-0.2, 0) is 27.3 Å². The average Bonchev–Trinajstić information content (AvgIpc) is 3.35. The number of amides is 4. The molecule has 0 aliphatic carbocycles. The van der Waals surface area contributed by atoms with Crippen molar-refractivity contribution in [3.63, 3.8) is 0 Å². The van der Waals surface area contributed by atoms with Crippen LogP contribution in [0.2, 0.25) is 0 Å². The minimum absolute atomic E-state index is 0.0577. The van der Waals surface area contributed by atoms with E-state index in [1.165, 1.54) is 25.1 Å². The van der Waals surface area contributed by atoms with Gasteiger partial charge in [-0.3, -0.25) is 19.2 Å². The predicted molar refractivity (Wildman–Crippen MR) is 159 cm³/mol. The molecule has 4 bridgehead atoms. The molecule has 5 rings (SSSR count). The molecule has 0 saturated heterocycles. The number of fused-ring (bicyclic) bond motifs is 11. The van der Waals surface area contributed by atoms with Crippen LogP contribution in [0.5, 0.6) is 17.2 Å². The number of hydrogen-bond acceptors (Lipinski definition) is 7. The number of likely N-dealkylation sites (N-methyl/N-ethyl adjacent to an activating group) is 1. The maximum atomic E-state index is 13.6. The lowest BCUT2D eigenvalue weighted by molar-refractivity contribution is -0.136. The lowest BCUT2D eigenvalue weighted by atomic mass is 10.0. The first-order valence-corrected chi connectivity index (χ1v) is 14.5. The Balaban J connectivity index is 1.66. The maximum Gasteiger partial charge on any atom is 0.255 e. The zero-order chi connectivity index (χ0) is 30.6. The third kappa shape index (κ3) is 7.47. The number of thiophene rings is 1. The second kappa shape index (κ2) is 13.1. The molecule has 0 radical (unpaired) electrons. The van der Waals surface area contributed by atoms with Crippen LogP contribution < -0.4 is 20.7 Å². The molecule has 0 spiro atoms. The summed E-state index contributed by atoms with van der Waals surface area (Å²) in [7, 11) is 1.69. The van der Waals surface area contributed by atoms with Crippen LogP contribution in [0.3, 0.4) is 0 Å². The van der Waals surface area contributed by atoms with E-state index in [2.05, 4.69) is 16.0 Å². The molecular weight excluding hydrogens is 556 g/mol. The van der Waals surface area contributed by atoms with Gasteiger partial charge in [-0.2, -0.15) is 0 Å². The molecule has 0 saturated carbocycles. The van der Waals surface area contributed by atoms with Crippen LogP contribution in [0.25, 0.3) is 0 Å². The van der Waals surface area contributed by atoms with Crippen LogP contribution in [0, 0.1) is 12.8 Å². The Hall–Kier alpha value is -4.38. The highest BCUT2D eigenvalue weighted by Gasteiger charge is 2.31. The number of aryl methyl sites for hydroxylation is 1. The Morgan fingerprint density at radius 1 is 1.00 bits per heavy atom. The molecule has 42 heavy (non-hydrogen) atoms. The first kappa shape index (κ1) is 30.6. The van der Waals surface area contributed by atoms with Crippen LogP contribution in [0.15, 0.2) is 54.6 Å². The fraction of sp³-hybridized carbons (Fsp3) is 0.355. The van der Waals surface area contributed by atoms with E-state index in [0.717, 1.165) is 15.3 Å². The van der Waals surface area contributed by atoms with Crippen molar-refractivity contribution in [3.8, 4) is 17.2 Å². The largest absolute Gasteiger partial charge is 0.507 e. The number of rotatable bonds is 4. The van der Waals surface area contributed by atoms with Crippen LogP contribution in [-0.4, -0.2) is 58.8 Å². The van der Waals surface area contributed by atoms with Crippen LogP contribution in [0.1, 0.15) is 46.4 Å². The van der Waals surface area contributed by atoms with Gasteiger partial charge in [0.2, 0.25) is 17.7 Å². The first-order valence-electron chi connectivity index (χ1n) is 13.7. The summed E-state index contributed by atoms with van der Waals surface area (Å²) >= 11 is 1.60. The molecule has 10 nitrogen and oxygen atoms in total. The Bertz CT molecular complexity index is 1470. The summed E-state index contributed by atoms with van der Waals surface area (Å²) in [5, 5.41) is 18.5. The van der Waals surface area contributed by atoms with E-state index in [1.807, 2.05) is 19.1 Å². The van der Waals surface area contributed by atoms with Crippen molar-refractivity contribution in [1.82, 2.24) is 20.9 Å². The van der Waals surface area contributed by atoms with E-state index in [4.69, 9.17) is 4.74 Å². The maximum absolute atomic E-state index is 13.6. The third-order valence-corrected chi connectivity index (χ3v) is 7.96. The number of nitrogens with one attached hydrogen (secondary N) is 3. The van der Waals surface area contributed by atoms with Crippen molar-refractivity contribution in [2.75, 3.05) is 7.05 Å². The van der Waals surface area contributed by atoms with E-state index in [-0.39, 0.29) is 29.6 Å². The Morgan fingerprint density at radius 3 is 2.33 bits per heavy atom. The van der Waals surface area contributed by atoms with Gasteiger partial charge in [0.05, 0.1) is 12.1 Å². The standard InChI is InChI=1S/C31H36N4O6S/c1-17(2)27-30(39)32-19(4)28(37)33-25(31(40)35(5)16-23-12-6-18(3)42-23)14-20-7-9-21(10-8-20)41-22-11-13-26(36)24(15-22)29(38)34-27/h6-13,15,17,19,25,27,36H,14,16H2,1-5H3,(H,32,39)(H,33,37)(H,34,38)/t19-,25-,27-/m0/s1. The topological polar surface area (TPSA) is 137 Å². The Labute approximate surface area is 249 Å². The summed E-state index contributed by atoms with van der Waals surface area (Å²) in [5.41, 5.74) is 0.725. The molecular formula is C31H36N4O6S. The monoisotopic (exact) mass is 592 g/mol. The average molecular weight is 593 g/mol. The number of carbonyl (C=O) groups is 4. The minimum Gasteiger partial charge on any atom is -0.507 e. The van der Waals surface area contributed by atoms with E-state index >= 15 is 0 Å². The number of phenolic OH excluding ortho intramolecular Hbond substituents is 1. The van der Waals surface area contributed by atoms with E-state index in [1.54, 1.807) is 61.4 Å². The molecule has 4 N–H and O–H groups in total. The lowest BCUT2D eigenvalue weighted by Gasteiger charge is -2.27. The number of aromatic hydroxyl groups is 1. The summed E-state index contributed by atoms with van der Waals surface area (Å²) in [6.45, 7) is 7.42. The van der Waals surface area contributed by atoms with Gasteiger partial charge >= 0.3 is 0 Å². The molecule has 3 aromatic rings. The van der Waals surface area contributed by atoms with E-state index < -0.39 is 35.8 Å². The Kier molecular flexibility index (Phi) is 9.52. The van der Waals surface area contributed by atoms with Crippen molar-refractivity contribution in [1.29, 1.82) is 0 Å². The van der Waals surface area contributed by atoms with Gasteiger partial charge in [0.25, 0.3) is 5.91 Å². The zero-order valence-electron chi connectivity index (χ0n) is 24.3. The van der Waals surface area contributed by atoms with Crippen molar-refractivity contribution < 1.29 is 29.0 Å². The van der Waals surface area contributed by atoms with E-state index in [9.17, 15) is 24.3 Å². The predicted octanol–water partition coefficient (Wildman–Crippen LogP) is 3.51. The minimum atomic E-state index is -1.000. The molecule has 4 amide bonds. The Morgan fingerprint density at radius 2 is 1.69 bits per heavy atom. The first-order chi connectivity index (χ1) is 19.9. The van der Waals surface area contributed by atoms with Crippen molar-refractivity contribution >= 4 is 35.0 Å². The highest BCUT2D eigenvalue weighted by molar-refractivity contribution is 7.11. The van der Waals surface area contributed by atoms with Gasteiger partial charge in [-0.1, -0.05) is 26.0 Å². The normalized spacial score (nSPS) is 19.7. The molecule has 11 heteroatoms. The molecule has 1 aromatic heterocycles. The third-order valence-electron chi connectivity index (χ3n) is 6.98.